The first-order valence-corrected chi connectivity index (χ1v) is 18.3. The molecule has 0 bridgehead atoms. The normalized spacial score (nSPS) is 15.7. The summed E-state index contributed by atoms with van der Waals surface area (Å²) in [4.78, 5) is 14.8. The highest BCUT2D eigenvalue weighted by molar-refractivity contribution is 6.06. The number of hydrogen-bond acceptors (Lipinski definition) is 4. The van der Waals surface area contributed by atoms with Gasteiger partial charge in [0, 0.05) is 61.1 Å². The molecule has 53 heavy (non-hydrogen) atoms. The zero-order chi connectivity index (χ0) is 35.3. The van der Waals surface area contributed by atoms with E-state index in [1.807, 2.05) is 66.7 Å². The third-order valence-corrected chi connectivity index (χ3v) is 11.5. The molecule has 0 spiro atoms. The van der Waals surface area contributed by atoms with Gasteiger partial charge in [0.25, 0.3) is 0 Å². The summed E-state index contributed by atoms with van der Waals surface area (Å²) >= 11 is 0. The van der Waals surface area contributed by atoms with Crippen LogP contribution in [0.5, 0.6) is 0 Å². The average molecular weight is 683 g/mol. The van der Waals surface area contributed by atoms with Gasteiger partial charge >= 0.3 is 0 Å². The SMILES string of the molecule is CC1(C)C2=Cc3c(n(-c4ccc(-c5nc(-c6ccccc6)nc(-c6ccccc6)n5)cc4)c4ccccc34)CC2c2cc3c(cc21)oc1ccccc13. The molecule has 5 nitrogen and oxygen atoms in total. The quantitative estimate of drug-likeness (QED) is 0.185. The van der Waals surface area contributed by atoms with Gasteiger partial charge in [-0.3, -0.25) is 0 Å². The molecule has 6 aromatic carbocycles. The molecule has 0 saturated heterocycles. The van der Waals surface area contributed by atoms with Gasteiger partial charge in [0.05, 0.1) is 5.52 Å². The minimum Gasteiger partial charge on any atom is -0.456 e. The molecule has 2 aliphatic rings. The van der Waals surface area contributed by atoms with Gasteiger partial charge in [0.1, 0.15) is 11.2 Å². The van der Waals surface area contributed by atoms with Crippen LogP contribution >= 0.6 is 0 Å². The maximum Gasteiger partial charge on any atom is 0.164 e. The summed E-state index contributed by atoms with van der Waals surface area (Å²) in [6.07, 6.45) is 3.42. The molecule has 3 aromatic heterocycles. The van der Waals surface area contributed by atoms with Gasteiger partial charge in [0.15, 0.2) is 17.5 Å². The zero-order valence-electron chi connectivity index (χ0n) is 29.4. The fraction of sp³-hybridized carbons (Fsp3) is 0.104. The summed E-state index contributed by atoms with van der Waals surface area (Å²) in [5.41, 5.74) is 13.9. The molecule has 9 aromatic rings. The molecule has 3 heterocycles. The number of benzene rings is 6. The van der Waals surface area contributed by atoms with Crippen molar-refractivity contribution in [1.29, 1.82) is 0 Å². The Morgan fingerprint density at radius 1 is 0.585 bits per heavy atom. The smallest absolute Gasteiger partial charge is 0.164 e. The van der Waals surface area contributed by atoms with Crippen molar-refractivity contribution in [2.75, 3.05) is 0 Å². The zero-order valence-corrected chi connectivity index (χ0v) is 29.4. The van der Waals surface area contributed by atoms with Crippen LogP contribution in [0.2, 0.25) is 0 Å². The first kappa shape index (κ1) is 30.1. The summed E-state index contributed by atoms with van der Waals surface area (Å²) in [6, 6.07) is 50.9. The van der Waals surface area contributed by atoms with Crippen molar-refractivity contribution < 1.29 is 4.42 Å². The van der Waals surface area contributed by atoms with Crippen LogP contribution in [0.4, 0.5) is 0 Å². The Balaban J connectivity index is 1.04. The van der Waals surface area contributed by atoms with E-state index < -0.39 is 0 Å². The van der Waals surface area contributed by atoms with Crippen molar-refractivity contribution >= 4 is 38.9 Å². The van der Waals surface area contributed by atoms with Crippen LogP contribution in [-0.2, 0) is 11.8 Å². The number of para-hydroxylation sites is 2. The minimum atomic E-state index is -0.114. The predicted molar refractivity (Wildman–Crippen MR) is 214 cm³/mol. The lowest BCUT2D eigenvalue weighted by molar-refractivity contribution is 0.607. The highest BCUT2D eigenvalue weighted by Gasteiger charge is 2.45. The Bertz CT molecular complexity index is 2880. The van der Waals surface area contributed by atoms with E-state index in [1.165, 1.54) is 49.6 Å². The fourth-order valence-corrected chi connectivity index (χ4v) is 8.90. The standard InChI is InChI=1S/C48H34N4O/c1-48(2)39-26-37-33-17-9-11-19-41(33)52(42(37)27-36(39)35-25-38-34-18-10-12-20-43(34)53-44(38)28-40(35)48)32-23-21-31(22-24-32)47-50-45(29-13-5-3-6-14-29)49-46(51-47)30-15-7-4-8-16-30/h3-26,28,36H,27H2,1-2H3. The lowest BCUT2D eigenvalue weighted by atomic mass is 9.76. The second kappa shape index (κ2) is 11.2. The summed E-state index contributed by atoms with van der Waals surface area (Å²) in [6.45, 7) is 4.76. The molecule has 252 valence electrons. The molecular formula is C48H34N4O. The van der Waals surface area contributed by atoms with E-state index in [4.69, 9.17) is 19.4 Å². The van der Waals surface area contributed by atoms with Crippen molar-refractivity contribution in [3.63, 3.8) is 0 Å². The fourth-order valence-electron chi connectivity index (χ4n) is 8.90. The summed E-state index contributed by atoms with van der Waals surface area (Å²) in [5.74, 6) is 2.25. The van der Waals surface area contributed by atoms with Gasteiger partial charge in [-0.1, -0.05) is 123 Å². The molecule has 0 radical (unpaired) electrons. The summed E-state index contributed by atoms with van der Waals surface area (Å²) in [7, 11) is 0. The molecule has 2 aliphatic carbocycles. The number of fused-ring (bicyclic) bond motifs is 9. The Kier molecular flexibility index (Phi) is 6.36. The van der Waals surface area contributed by atoms with Crippen molar-refractivity contribution in [3.05, 3.63) is 174 Å². The summed E-state index contributed by atoms with van der Waals surface area (Å²) in [5, 5.41) is 3.65. The third-order valence-electron chi connectivity index (χ3n) is 11.5. The van der Waals surface area contributed by atoms with E-state index in [-0.39, 0.29) is 11.3 Å². The van der Waals surface area contributed by atoms with E-state index in [9.17, 15) is 0 Å². The maximum absolute atomic E-state index is 6.37. The monoisotopic (exact) mass is 682 g/mol. The molecule has 1 unspecified atom stereocenters. The Morgan fingerprint density at radius 3 is 1.85 bits per heavy atom. The van der Waals surface area contributed by atoms with Gasteiger partial charge in [0.2, 0.25) is 0 Å². The van der Waals surface area contributed by atoms with Crippen LogP contribution in [0.1, 0.15) is 42.1 Å². The molecule has 0 aliphatic heterocycles. The van der Waals surface area contributed by atoms with Crippen LogP contribution in [0.15, 0.2) is 156 Å². The minimum absolute atomic E-state index is 0.114. The van der Waals surface area contributed by atoms with Crippen molar-refractivity contribution in [3.8, 4) is 39.9 Å². The van der Waals surface area contributed by atoms with Crippen molar-refractivity contribution in [2.45, 2.75) is 31.6 Å². The average Bonchev–Trinajstić information content (AvgIpc) is 3.82. The van der Waals surface area contributed by atoms with Crippen LogP contribution in [0.25, 0.3) is 78.8 Å². The van der Waals surface area contributed by atoms with Gasteiger partial charge < -0.3 is 8.98 Å². The first-order valence-electron chi connectivity index (χ1n) is 18.3. The molecule has 11 rings (SSSR count). The largest absolute Gasteiger partial charge is 0.456 e. The Morgan fingerprint density at radius 2 is 1.17 bits per heavy atom. The van der Waals surface area contributed by atoms with E-state index in [2.05, 4.69) is 103 Å². The van der Waals surface area contributed by atoms with Crippen LogP contribution in [-0.4, -0.2) is 19.5 Å². The van der Waals surface area contributed by atoms with Gasteiger partial charge in [-0.05, 0) is 66.1 Å². The van der Waals surface area contributed by atoms with Crippen molar-refractivity contribution in [1.82, 2.24) is 19.5 Å². The van der Waals surface area contributed by atoms with Gasteiger partial charge in [-0.2, -0.15) is 0 Å². The number of aromatic nitrogens is 4. The van der Waals surface area contributed by atoms with Crippen LogP contribution in [0.3, 0.4) is 0 Å². The molecule has 0 saturated carbocycles. The number of furan rings is 1. The Labute approximate surface area is 306 Å². The highest BCUT2D eigenvalue weighted by Crippen LogP contribution is 2.56. The molecule has 1 atom stereocenters. The van der Waals surface area contributed by atoms with Gasteiger partial charge in [-0.25, -0.2) is 15.0 Å². The Hall–Kier alpha value is -6.59. The number of nitrogens with zero attached hydrogens (tertiary/aromatic N) is 4. The number of hydrogen-bond donors (Lipinski definition) is 0. The van der Waals surface area contributed by atoms with E-state index in [0.717, 1.165) is 40.0 Å². The lowest BCUT2D eigenvalue weighted by Gasteiger charge is -2.28. The maximum atomic E-state index is 6.37. The first-order chi connectivity index (χ1) is 26.0. The number of rotatable bonds is 4. The highest BCUT2D eigenvalue weighted by atomic mass is 16.3. The van der Waals surface area contributed by atoms with E-state index in [1.54, 1.807) is 0 Å². The van der Waals surface area contributed by atoms with E-state index >= 15 is 0 Å². The lowest BCUT2D eigenvalue weighted by Crippen LogP contribution is -2.20. The second-order valence-corrected chi connectivity index (χ2v) is 14.8. The van der Waals surface area contributed by atoms with E-state index in [0.29, 0.717) is 17.5 Å². The van der Waals surface area contributed by atoms with Gasteiger partial charge in [-0.15, -0.1) is 0 Å². The topological polar surface area (TPSA) is 56.7 Å². The summed E-state index contributed by atoms with van der Waals surface area (Å²) < 4.78 is 8.84. The molecule has 0 amide bonds. The molecular weight excluding hydrogens is 649 g/mol. The molecule has 5 heteroatoms. The molecule has 0 N–H and O–H groups in total. The van der Waals surface area contributed by atoms with Crippen LogP contribution in [0, 0.1) is 0 Å². The second-order valence-electron chi connectivity index (χ2n) is 14.8. The third kappa shape index (κ3) is 4.53. The van der Waals surface area contributed by atoms with Crippen LogP contribution < -0.4 is 0 Å². The molecule has 0 fully saturated rings. The predicted octanol–water partition coefficient (Wildman–Crippen LogP) is 11.7. The number of allylic oxidation sites excluding steroid dienone is 1. The van der Waals surface area contributed by atoms with Crippen molar-refractivity contribution in [2.24, 2.45) is 0 Å².